The normalized spacial score (nSPS) is 15.7. The molecule has 1 amide bonds. The van der Waals surface area contributed by atoms with E-state index in [0.29, 0.717) is 19.5 Å². The van der Waals surface area contributed by atoms with Gasteiger partial charge < -0.3 is 28.8 Å². The second-order valence-corrected chi connectivity index (χ2v) is 12.4. The highest BCUT2D eigenvalue weighted by atomic mass is 32.2. The molecule has 2 aliphatic heterocycles. The van der Waals surface area contributed by atoms with Crippen molar-refractivity contribution in [1.29, 1.82) is 0 Å². The van der Waals surface area contributed by atoms with E-state index in [9.17, 15) is 4.79 Å². The van der Waals surface area contributed by atoms with Crippen LogP contribution in [0.4, 0.5) is 0 Å². The molecule has 1 atom stereocenters. The monoisotopic (exact) mass is 593 g/mol. The molecule has 1 N–H and O–H groups in total. The lowest BCUT2D eigenvalue weighted by molar-refractivity contribution is 0.0660. The summed E-state index contributed by atoms with van der Waals surface area (Å²) in [6.45, 7) is 5.55. The van der Waals surface area contributed by atoms with Crippen LogP contribution in [0.15, 0.2) is 84.4 Å². The fraction of sp³-hybridized carbons (Fsp3) is 0.294. The number of likely N-dealkylation sites (N-methyl/N-ethyl adjacent to an activating group) is 1. The maximum absolute atomic E-state index is 14.6. The predicted molar refractivity (Wildman–Crippen MR) is 170 cm³/mol. The first-order valence-electron chi connectivity index (χ1n) is 14.8. The lowest BCUT2D eigenvalue weighted by atomic mass is 9.97. The molecule has 7 rings (SSSR count). The molecule has 1 saturated heterocycles. The van der Waals surface area contributed by atoms with Crippen molar-refractivity contribution in [2.75, 3.05) is 45.8 Å². The van der Waals surface area contributed by atoms with Gasteiger partial charge in [0.15, 0.2) is 11.5 Å². The molecule has 9 heteroatoms. The molecule has 0 aliphatic carbocycles. The van der Waals surface area contributed by atoms with Crippen LogP contribution in [0.3, 0.4) is 0 Å². The number of imidazole rings is 1. The average molecular weight is 594 g/mol. The third kappa shape index (κ3) is 5.28. The number of carbonyl (C=O) groups excluding carboxylic acids is 1. The van der Waals surface area contributed by atoms with Gasteiger partial charge in [-0.3, -0.25) is 4.79 Å². The van der Waals surface area contributed by atoms with Gasteiger partial charge >= 0.3 is 0 Å². The minimum atomic E-state index is -0.125. The van der Waals surface area contributed by atoms with Crippen molar-refractivity contribution in [2.24, 2.45) is 0 Å². The molecule has 1 unspecified atom stereocenters. The van der Waals surface area contributed by atoms with Crippen molar-refractivity contribution < 1.29 is 14.3 Å². The third-order valence-corrected chi connectivity index (χ3v) is 9.41. The Morgan fingerprint density at radius 2 is 1.81 bits per heavy atom. The van der Waals surface area contributed by atoms with Gasteiger partial charge in [0.2, 0.25) is 6.79 Å². The standard InChI is InChI=1S/C34H35N5O3S/c1-3-43-34-32(33(40)38-15-13-37(2)14-16-38)27(26-10-6-8-24-7-4-5-9-25(24)26)20-39(34)29(28-19-35-21-36-28)17-23-11-12-30-31(18-23)42-22-41-30/h4-12,18-21,29H,3,13-17,22H2,1-2H3,(H,35,36). The van der Waals surface area contributed by atoms with Crippen LogP contribution < -0.4 is 9.47 Å². The quantitative estimate of drug-likeness (QED) is 0.220. The van der Waals surface area contributed by atoms with E-state index in [1.165, 1.54) is 0 Å². The van der Waals surface area contributed by atoms with Gasteiger partial charge in [-0.2, -0.15) is 0 Å². The lowest BCUT2D eigenvalue weighted by Crippen LogP contribution is -2.47. The molecular weight excluding hydrogens is 558 g/mol. The summed E-state index contributed by atoms with van der Waals surface area (Å²) in [6.07, 6.45) is 6.49. The van der Waals surface area contributed by atoms with Crippen LogP contribution in [-0.2, 0) is 6.42 Å². The number of aromatic nitrogens is 3. The maximum Gasteiger partial charge on any atom is 0.257 e. The number of rotatable bonds is 8. The molecular formula is C34H35N5O3S. The zero-order valence-corrected chi connectivity index (χ0v) is 25.3. The predicted octanol–water partition coefficient (Wildman–Crippen LogP) is 6.09. The summed E-state index contributed by atoms with van der Waals surface area (Å²) in [4.78, 5) is 26.6. The molecule has 0 spiro atoms. The van der Waals surface area contributed by atoms with Gasteiger partial charge in [-0.25, -0.2) is 4.98 Å². The number of aromatic amines is 1. The summed E-state index contributed by atoms with van der Waals surface area (Å²) in [6, 6.07) is 20.8. The molecule has 4 heterocycles. The molecule has 0 bridgehead atoms. The average Bonchev–Trinajstić information content (AvgIpc) is 3.81. The number of nitrogens with one attached hydrogen (secondary N) is 1. The third-order valence-electron chi connectivity index (χ3n) is 8.43. The summed E-state index contributed by atoms with van der Waals surface area (Å²) in [7, 11) is 2.11. The molecule has 2 aromatic heterocycles. The Morgan fingerprint density at radius 3 is 2.63 bits per heavy atom. The number of nitrogens with zero attached hydrogens (tertiary/aromatic N) is 4. The van der Waals surface area contributed by atoms with Crippen molar-refractivity contribution >= 4 is 28.4 Å². The second-order valence-electron chi connectivity index (χ2n) is 11.1. The fourth-order valence-corrected chi connectivity index (χ4v) is 7.10. The first-order valence-corrected chi connectivity index (χ1v) is 15.8. The molecule has 3 aromatic carbocycles. The number of ether oxygens (including phenoxy) is 2. The molecule has 2 aliphatic rings. The Morgan fingerprint density at radius 1 is 1.00 bits per heavy atom. The van der Waals surface area contributed by atoms with Crippen LogP contribution in [0.5, 0.6) is 11.5 Å². The highest BCUT2D eigenvalue weighted by molar-refractivity contribution is 7.99. The van der Waals surface area contributed by atoms with E-state index in [4.69, 9.17) is 9.47 Å². The Hall–Kier alpha value is -4.21. The highest BCUT2D eigenvalue weighted by Crippen LogP contribution is 2.42. The molecule has 8 nitrogen and oxygen atoms in total. The molecule has 1 fully saturated rings. The summed E-state index contributed by atoms with van der Waals surface area (Å²) < 4.78 is 13.6. The Labute approximate surface area is 255 Å². The van der Waals surface area contributed by atoms with Crippen LogP contribution >= 0.6 is 11.8 Å². The first kappa shape index (κ1) is 27.6. The number of fused-ring (bicyclic) bond motifs is 2. The number of hydrogen-bond acceptors (Lipinski definition) is 6. The van der Waals surface area contributed by atoms with E-state index < -0.39 is 0 Å². The van der Waals surface area contributed by atoms with Gasteiger partial charge in [0.1, 0.15) is 0 Å². The van der Waals surface area contributed by atoms with Crippen molar-refractivity contribution in [3.63, 3.8) is 0 Å². The molecule has 0 saturated carbocycles. The number of hydrogen-bond donors (Lipinski definition) is 1. The zero-order valence-electron chi connectivity index (χ0n) is 24.5. The second kappa shape index (κ2) is 11.8. The van der Waals surface area contributed by atoms with E-state index in [0.717, 1.165) is 74.1 Å². The van der Waals surface area contributed by atoms with E-state index in [1.54, 1.807) is 18.1 Å². The lowest BCUT2D eigenvalue weighted by Gasteiger charge is -2.33. The minimum Gasteiger partial charge on any atom is -0.454 e. The van der Waals surface area contributed by atoms with Crippen molar-refractivity contribution in [3.05, 3.63) is 96.2 Å². The molecule has 43 heavy (non-hydrogen) atoms. The summed E-state index contributed by atoms with van der Waals surface area (Å²) in [5.41, 5.74) is 4.91. The van der Waals surface area contributed by atoms with Crippen LogP contribution in [0.1, 0.15) is 34.6 Å². The number of piperazine rings is 1. The van der Waals surface area contributed by atoms with E-state index >= 15 is 0 Å². The SMILES string of the molecule is CCSc1c(C(=O)N2CCN(C)CC2)c(-c2cccc3ccccc23)cn1C(Cc1ccc2c(c1)OCO2)c1cnc[nH]1. The smallest absolute Gasteiger partial charge is 0.257 e. The number of benzene rings is 3. The van der Waals surface area contributed by atoms with Gasteiger partial charge in [0, 0.05) is 37.9 Å². The maximum atomic E-state index is 14.6. The van der Waals surface area contributed by atoms with E-state index in [2.05, 4.69) is 94.2 Å². The Kier molecular flexibility index (Phi) is 7.59. The minimum absolute atomic E-state index is 0.0946. The number of thioether (sulfide) groups is 1. The molecule has 220 valence electrons. The zero-order chi connectivity index (χ0) is 29.3. The fourth-order valence-electron chi connectivity index (χ4n) is 6.16. The molecule has 5 aromatic rings. The Balaban J connectivity index is 1.42. The largest absolute Gasteiger partial charge is 0.454 e. The summed E-state index contributed by atoms with van der Waals surface area (Å²) >= 11 is 1.72. The topological polar surface area (TPSA) is 75.6 Å². The van der Waals surface area contributed by atoms with Gasteiger partial charge in [0.05, 0.1) is 34.8 Å². The molecule has 0 radical (unpaired) electrons. The van der Waals surface area contributed by atoms with Gasteiger partial charge in [-0.1, -0.05) is 55.5 Å². The van der Waals surface area contributed by atoms with Crippen molar-refractivity contribution in [3.8, 4) is 22.6 Å². The van der Waals surface area contributed by atoms with Crippen LogP contribution in [0.2, 0.25) is 0 Å². The number of H-pyrrole nitrogens is 1. The van der Waals surface area contributed by atoms with Crippen LogP contribution in [0, 0.1) is 0 Å². The van der Waals surface area contributed by atoms with Crippen LogP contribution in [0.25, 0.3) is 21.9 Å². The van der Waals surface area contributed by atoms with E-state index in [-0.39, 0.29) is 18.7 Å². The Bertz CT molecular complexity index is 1750. The number of amides is 1. The van der Waals surface area contributed by atoms with Gasteiger partial charge in [-0.15, -0.1) is 11.8 Å². The van der Waals surface area contributed by atoms with Crippen molar-refractivity contribution in [2.45, 2.75) is 24.4 Å². The summed E-state index contributed by atoms with van der Waals surface area (Å²) in [5.74, 6) is 2.46. The van der Waals surface area contributed by atoms with Gasteiger partial charge in [0.25, 0.3) is 5.91 Å². The number of carbonyl (C=O) groups is 1. The van der Waals surface area contributed by atoms with E-state index in [1.807, 2.05) is 17.2 Å². The van der Waals surface area contributed by atoms with Crippen molar-refractivity contribution in [1.82, 2.24) is 24.3 Å². The first-order chi connectivity index (χ1) is 21.1. The highest BCUT2D eigenvalue weighted by Gasteiger charge is 2.32. The van der Waals surface area contributed by atoms with Gasteiger partial charge in [-0.05, 0) is 53.3 Å². The van der Waals surface area contributed by atoms with Crippen LogP contribution in [-0.4, -0.2) is 76.0 Å². The summed E-state index contributed by atoms with van der Waals surface area (Å²) in [5, 5.41) is 3.27.